The first-order valence-corrected chi connectivity index (χ1v) is 7.46. The molecule has 1 amide bonds. The number of nitrogens with one attached hydrogen (secondary N) is 1. The summed E-state index contributed by atoms with van der Waals surface area (Å²) in [6.45, 7) is 0. The SMILES string of the molecule is O=C(Cc1c(F)cccc1F)N[C@@H](Cc1ccc([N+](=O)[O-])cc1)C(=O)O. The fourth-order valence-electron chi connectivity index (χ4n) is 2.30. The fourth-order valence-corrected chi connectivity index (χ4v) is 2.30. The van der Waals surface area contributed by atoms with Crippen LogP contribution >= 0.6 is 0 Å². The van der Waals surface area contributed by atoms with E-state index in [1.54, 1.807) is 0 Å². The van der Waals surface area contributed by atoms with Crippen LogP contribution in [-0.4, -0.2) is 27.9 Å². The van der Waals surface area contributed by atoms with Crippen LogP contribution in [0.1, 0.15) is 11.1 Å². The van der Waals surface area contributed by atoms with E-state index >= 15 is 0 Å². The molecule has 2 aromatic carbocycles. The molecule has 0 heterocycles. The Bertz CT molecular complexity index is 819. The van der Waals surface area contributed by atoms with Crippen molar-refractivity contribution in [2.24, 2.45) is 0 Å². The summed E-state index contributed by atoms with van der Waals surface area (Å²) in [6, 6.07) is 6.97. The number of amides is 1. The van der Waals surface area contributed by atoms with Gasteiger partial charge in [-0.1, -0.05) is 18.2 Å². The Balaban J connectivity index is 2.06. The minimum absolute atomic E-state index is 0.140. The van der Waals surface area contributed by atoms with Crippen LogP contribution < -0.4 is 5.32 Å². The Morgan fingerprint density at radius 2 is 1.69 bits per heavy atom. The Morgan fingerprint density at radius 1 is 1.12 bits per heavy atom. The van der Waals surface area contributed by atoms with Gasteiger partial charge in [0.15, 0.2) is 0 Å². The van der Waals surface area contributed by atoms with Crippen molar-refractivity contribution in [3.8, 4) is 0 Å². The number of rotatable bonds is 7. The number of halogens is 2. The molecule has 2 N–H and O–H groups in total. The summed E-state index contributed by atoms with van der Waals surface area (Å²) in [5.41, 5.74) is -0.162. The number of nitrogens with zero attached hydrogens (tertiary/aromatic N) is 1. The van der Waals surface area contributed by atoms with Gasteiger partial charge in [0.25, 0.3) is 5.69 Å². The second-order valence-electron chi connectivity index (χ2n) is 5.46. The predicted molar refractivity (Wildman–Crippen MR) is 86.4 cm³/mol. The van der Waals surface area contributed by atoms with Gasteiger partial charge in [-0.3, -0.25) is 14.9 Å². The maximum atomic E-state index is 13.6. The molecular weight excluding hydrogens is 350 g/mol. The first-order chi connectivity index (χ1) is 12.3. The third kappa shape index (κ3) is 4.82. The number of carbonyl (C=O) groups excluding carboxylic acids is 1. The molecular formula is C17H14F2N2O5. The van der Waals surface area contributed by atoms with Gasteiger partial charge in [0.05, 0.1) is 11.3 Å². The van der Waals surface area contributed by atoms with E-state index in [4.69, 9.17) is 0 Å². The summed E-state index contributed by atoms with van der Waals surface area (Å²) in [5, 5.41) is 22.0. The van der Waals surface area contributed by atoms with Crippen molar-refractivity contribution in [2.75, 3.05) is 0 Å². The number of aliphatic carboxylic acids is 1. The van der Waals surface area contributed by atoms with Gasteiger partial charge in [-0.05, 0) is 17.7 Å². The summed E-state index contributed by atoms with van der Waals surface area (Å²) < 4.78 is 27.1. The lowest BCUT2D eigenvalue weighted by Crippen LogP contribution is -2.43. The third-order valence-corrected chi connectivity index (χ3v) is 3.62. The molecule has 0 bridgehead atoms. The minimum atomic E-state index is -1.35. The van der Waals surface area contributed by atoms with Crippen molar-refractivity contribution in [1.29, 1.82) is 0 Å². The lowest BCUT2D eigenvalue weighted by molar-refractivity contribution is -0.384. The molecule has 2 aromatic rings. The first kappa shape index (κ1) is 19.0. The van der Waals surface area contributed by atoms with E-state index in [0.29, 0.717) is 5.56 Å². The molecule has 0 aromatic heterocycles. The normalized spacial score (nSPS) is 11.6. The number of carboxylic acids is 1. The maximum Gasteiger partial charge on any atom is 0.326 e. The molecule has 0 spiro atoms. The molecule has 136 valence electrons. The number of benzene rings is 2. The molecule has 0 aliphatic carbocycles. The van der Waals surface area contributed by atoms with Crippen molar-refractivity contribution in [3.63, 3.8) is 0 Å². The maximum absolute atomic E-state index is 13.6. The van der Waals surface area contributed by atoms with Crippen molar-refractivity contribution < 1.29 is 28.4 Å². The van der Waals surface area contributed by atoms with Gasteiger partial charge in [0.1, 0.15) is 17.7 Å². The Kier molecular flexibility index (Phi) is 5.94. The second-order valence-corrected chi connectivity index (χ2v) is 5.46. The molecule has 7 nitrogen and oxygen atoms in total. The van der Waals surface area contributed by atoms with Crippen LogP contribution in [0.2, 0.25) is 0 Å². The zero-order valence-electron chi connectivity index (χ0n) is 13.3. The highest BCUT2D eigenvalue weighted by molar-refractivity contribution is 5.85. The number of nitro groups is 1. The molecule has 0 saturated carbocycles. The average Bonchev–Trinajstić information content (AvgIpc) is 2.58. The van der Waals surface area contributed by atoms with Gasteiger partial charge in [0, 0.05) is 24.1 Å². The molecule has 0 fully saturated rings. The molecule has 0 unspecified atom stereocenters. The monoisotopic (exact) mass is 364 g/mol. The number of hydrogen-bond donors (Lipinski definition) is 2. The van der Waals surface area contributed by atoms with E-state index in [-0.39, 0.29) is 12.1 Å². The Labute approximate surface area is 146 Å². The number of carbonyl (C=O) groups is 2. The smallest absolute Gasteiger partial charge is 0.326 e. The molecule has 0 radical (unpaired) electrons. The van der Waals surface area contributed by atoms with Gasteiger partial charge < -0.3 is 10.4 Å². The van der Waals surface area contributed by atoms with E-state index in [1.807, 2.05) is 0 Å². The lowest BCUT2D eigenvalue weighted by atomic mass is 10.0. The Morgan fingerprint density at radius 3 is 2.19 bits per heavy atom. The quantitative estimate of drug-likeness (QED) is 0.578. The minimum Gasteiger partial charge on any atom is -0.480 e. The summed E-state index contributed by atoms with van der Waals surface area (Å²) in [7, 11) is 0. The zero-order valence-corrected chi connectivity index (χ0v) is 13.3. The van der Waals surface area contributed by atoms with Crippen molar-refractivity contribution in [1.82, 2.24) is 5.32 Å². The topological polar surface area (TPSA) is 110 Å². The van der Waals surface area contributed by atoms with Crippen LogP contribution in [0.25, 0.3) is 0 Å². The number of non-ortho nitro benzene ring substituents is 1. The highest BCUT2D eigenvalue weighted by Crippen LogP contribution is 2.15. The van der Waals surface area contributed by atoms with Crippen LogP contribution in [0.3, 0.4) is 0 Å². The van der Waals surface area contributed by atoms with Gasteiger partial charge >= 0.3 is 5.97 Å². The van der Waals surface area contributed by atoms with Crippen LogP contribution in [0.5, 0.6) is 0 Å². The second kappa shape index (κ2) is 8.15. The van der Waals surface area contributed by atoms with E-state index in [9.17, 15) is 33.6 Å². The van der Waals surface area contributed by atoms with Crippen LogP contribution in [0.4, 0.5) is 14.5 Å². The lowest BCUT2D eigenvalue weighted by Gasteiger charge is -2.15. The summed E-state index contributed by atoms with van der Waals surface area (Å²) in [6.07, 6.45) is -0.790. The van der Waals surface area contributed by atoms with Crippen LogP contribution in [-0.2, 0) is 22.4 Å². The van der Waals surface area contributed by atoms with E-state index in [0.717, 1.165) is 18.2 Å². The molecule has 2 rings (SSSR count). The van der Waals surface area contributed by atoms with Gasteiger partial charge in [-0.2, -0.15) is 0 Å². The van der Waals surface area contributed by atoms with Crippen LogP contribution in [0, 0.1) is 21.7 Å². The predicted octanol–water partition coefficient (Wildman–Crippen LogP) is 2.23. The van der Waals surface area contributed by atoms with Crippen LogP contribution in [0.15, 0.2) is 42.5 Å². The van der Waals surface area contributed by atoms with E-state index < -0.39 is 46.5 Å². The largest absolute Gasteiger partial charge is 0.480 e. The molecule has 0 saturated heterocycles. The molecule has 1 atom stereocenters. The fraction of sp³-hybridized carbons (Fsp3) is 0.176. The van der Waals surface area contributed by atoms with E-state index in [1.165, 1.54) is 24.3 Å². The van der Waals surface area contributed by atoms with Gasteiger partial charge in [0.2, 0.25) is 5.91 Å². The Hall–Kier alpha value is -3.36. The molecule has 0 aliphatic heterocycles. The standard InChI is InChI=1S/C17H14F2N2O5/c18-13-2-1-3-14(19)12(13)9-16(22)20-15(17(23)24)8-10-4-6-11(7-5-10)21(25)26/h1-7,15H,8-9H2,(H,20,22)(H,23,24)/t15-/m0/s1. The zero-order chi connectivity index (χ0) is 19.3. The molecule has 0 aliphatic rings. The highest BCUT2D eigenvalue weighted by Gasteiger charge is 2.22. The van der Waals surface area contributed by atoms with Crippen molar-refractivity contribution in [2.45, 2.75) is 18.9 Å². The molecule has 9 heteroatoms. The van der Waals surface area contributed by atoms with Crippen molar-refractivity contribution >= 4 is 17.6 Å². The van der Waals surface area contributed by atoms with Gasteiger partial charge in [-0.25, -0.2) is 13.6 Å². The summed E-state index contributed by atoms with van der Waals surface area (Å²) in [4.78, 5) is 33.3. The number of hydrogen-bond acceptors (Lipinski definition) is 4. The first-order valence-electron chi connectivity index (χ1n) is 7.46. The van der Waals surface area contributed by atoms with Crippen molar-refractivity contribution in [3.05, 3.63) is 75.3 Å². The number of nitro benzene ring substituents is 1. The summed E-state index contributed by atoms with van der Waals surface area (Å²) >= 11 is 0. The summed E-state index contributed by atoms with van der Waals surface area (Å²) in [5.74, 6) is -4.00. The molecule has 26 heavy (non-hydrogen) atoms. The third-order valence-electron chi connectivity index (χ3n) is 3.62. The average molecular weight is 364 g/mol. The van der Waals surface area contributed by atoms with E-state index in [2.05, 4.69) is 5.32 Å². The number of carboxylic acid groups (broad SMARTS) is 1. The highest BCUT2D eigenvalue weighted by atomic mass is 19.1. The van der Waals surface area contributed by atoms with Gasteiger partial charge in [-0.15, -0.1) is 0 Å².